The molecule has 0 aliphatic rings. The molecule has 0 atom stereocenters. The highest BCUT2D eigenvalue weighted by molar-refractivity contribution is 6.32. The summed E-state index contributed by atoms with van der Waals surface area (Å²) in [5.41, 5.74) is 1.02. The second kappa shape index (κ2) is 7.51. The quantitative estimate of drug-likeness (QED) is 0.655. The summed E-state index contributed by atoms with van der Waals surface area (Å²) in [5, 5.41) is 0.839. The Labute approximate surface area is 154 Å². The monoisotopic (exact) mass is 373 g/mol. The van der Waals surface area contributed by atoms with Crippen LogP contribution < -0.4 is 9.64 Å². The molecule has 0 aliphatic heterocycles. The van der Waals surface area contributed by atoms with Crippen molar-refractivity contribution in [2.24, 2.45) is 0 Å². The van der Waals surface area contributed by atoms with E-state index in [0.29, 0.717) is 22.0 Å². The molecule has 0 spiro atoms. The molecule has 3 aromatic rings. The molecule has 1 amide bonds. The molecule has 126 valence electrons. The highest BCUT2D eigenvalue weighted by Gasteiger charge is 2.16. The number of aromatic nitrogens is 2. The zero-order valence-electron chi connectivity index (χ0n) is 13.2. The first-order valence-electron chi connectivity index (χ1n) is 7.31. The summed E-state index contributed by atoms with van der Waals surface area (Å²) in [6, 6.07) is 11.9. The van der Waals surface area contributed by atoms with Crippen LogP contribution in [-0.2, 0) is 0 Å². The highest BCUT2D eigenvalue weighted by Crippen LogP contribution is 2.29. The molecule has 2 aromatic heterocycles. The maximum atomic E-state index is 12.5. The lowest BCUT2D eigenvalue weighted by Crippen LogP contribution is -2.26. The minimum absolute atomic E-state index is 0.213. The van der Waals surface area contributed by atoms with Gasteiger partial charge in [0, 0.05) is 24.5 Å². The van der Waals surface area contributed by atoms with Crippen molar-refractivity contribution >= 4 is 34.8 Å². The van der Waals surface area contributed by atoms with E-state index < -0.39 is 0 Å². The van der Waals surface area contributed by atoms with Crippen molar-refractivity contribution < 1.29 is 9.53 Å². The van der Waals surface area contributed by atoms with Crippen LogP contribution in [0, 0.1) is 0 Å². The van der Waals surface area contributed by atoms with Crippen molar-refractivity contribution in [2.45, 2.75) is 0 Å². The average molecular weight is 374 g/mol. The summed E-state index contributed by atoms with van der Waals surface area (Å²) >= 11 is 12.0. The second-order valence-electron chi connectivity index (χ2n) is 5.14. The van der Waals surface area contributed by atoms with E-state index in [0.717, 1.165) is 0 Å². The molecule has 3 rings (SSSR count). The molecule has 0 fully saturated rings. The van der Waals surface area contributed by atoms with Crippen molar-refractivity contribution in [1.82, 2.24) is 9.97 Å². The maximum Gasteiger partial charge on any atom is 0.259 e. The number of pyridine rings is 2. The number of nitrogens with zero attached hydrogens (tertiary/aromatic N) is 3. The molecule has 0 unspecified atom stereocenters. The van der Waals surface area contributed by atoms with Gasteiger partial charge in [-0.1, -0.05) is 23.2 Å². The van der Waals surface area contributed by atoms with Gasteiger partial charge in [-0.05, 0) is 42.5 Å². The molecule has 0 radical (unpaired) electrons. The largest absolute Gasteiger partial charge is 0.438 e. The number of hydrogen-bond acceptors (Lipinski definition) is 4. The molecule has 0 aliphatic carbocycles. The first-order chi connectivity index (χ1) is 12.0. The number of ether oxygens (including phenoxy) is 1. The zero-order valence-corrected chi connectivity index (χ0v) is 14.7. The lowest BCUT2D eigenvalue weighted by atomic mass is 10.2. The highest BCUT2D eigenvalue weighted by atomic mass is 35.5. The lowest BCUT2D eigenvalue weighted by Gasteiger charge is -2.17. The first-order valence-corrected chi connectivity index (χ1v) is 8.07. The van der Waals surface area contributed by atoms with Crippen molar-refractivity contribution in [1.29, 1.82) is 0 Å². The van der Waals surface area contributed by atoms with Crippen molar-refractivity contribution in [3.63, 3.8) is 0 Å². The molecule has 5 nitrogen and oxygen atoms in total. The molecular weight excluding hydrogens is 361 g/mol. The average Bonchev–Trinajstić information content (AvgIpc) is 2.64. The Bertz CT molecular complexity index is 887. The van der Waals surface area contributed by atoms with Crippen LogP contribution in [0.5, 0.6) is 11.6 Å². The van der Waals surface area contributed by atoms with Gasteiger partial charge in [-0.2, -0.15) is 0 Å². The Morgan fingerprint density at radius 3 is 2.52 bits per heavy atom. The van der Waals surface area contributed by atoms with E-state index in [4.69, 9.17) is 27.9 Å². The standard InChI is InChI=1S/C18H13Cl2N3O2/c1-23(14-3-2-8-21-11-14)18(24)12-9-16(20)17(22-10-12)25-15-6-4-13(19)5-7-15/h2-11H,1H3. The fraction of sp³-hybridized carbons (Fsp3) is 0.0556. The molecule has 0 N–H and O–H groups in total. The summed E-state index contributed by atoms with van der Waals surface area (Å²) in [6.07, 6.45) is 4.67. The molecule has 0 bridgehead atoms. The van der Waals surface area contributed by atoms with Gasteiger partial charge in [0.25, 0.3) is 5.91 Å². The Kier molecular flexibility index (Phi) is 5.16. The number of carbonyl (C=O) groups excluding carboxylic acids is 1. The van der Waals surface area contributed by atoms with Crippen LogP contribution in [-0.4, -0.2) is 22.9 Å². The van der Waals surface area contributed by atoms with E-state index in [9.17, 15) is 4.79 Å². The maximum absolute atomic E-state index is 12.5. The van der Waals surface area contributed by atoms with Gasteiger partial charge < -0.3 is 9.64 Å². The summed E-state index contributed by atoms with van der Waals surface area (Å²) in [6.45, 7) is 0. The molecule has 0 saturated carbocycles. The fourth-order valence-corrected chi connectivity index (χ4v) is 2.43. The molecule has 1 aromatic carbocycles. The van der Waals surface area contributed by atoms with Crippen LogP contribution in [0.4, 0.5) is 5.69 Å². The number of anilines is 1. The van der Waals surface area contributed by atoms with Crippen molar-refractivity contribution in [3.8, 4) is 11.6 Å². The van der Waals surface area contributed by atoms with Crippen molar-refractivity contribution in [2.75, 3.05) is 11.9 Å². The SMILES string of the molecule is CN(C(=O)c1cnc(Oc2ccc(Cl)cc2)c(Cl)c1)c1cccnc1. The van der Waals surface area contributed by atoms with E-state index in [1.54, 1.807) is 55.8 Å². The van der Waals surface area contributed by atoms with E-state index in [-0.39, 0.29) is 16.8 Å². The molecule has 7 heteroatoms. The Morgan fingerprint density at radius 2 is 1.88 bits per heavy atom. The van der Waals surface area contributed by atoms with Crippen LogP contribution in [0.25, 0.3) is 0 Å². The van der Waals surface area contributed by atoms with Crippen LogP contribution >= 0.6 is 23.2 Å². The lowest BCUT2D eigenvalue weighted by molar-refractivity contribution is 0.0992. The van der Waals surface area contributed by atoms with E-state index >= 15 is 0 Å². The van der Waals surface area contributed by atoms with E-state index in [1.807, 2.05) is 0 Å². The summed E-state index contributed by atoms with van der Waals surface area (Å²) in [5.74, 6) is 0.510. The third-order valence-corrected chi connectivity index (χ3v) is 3.94. The van der Waals surface area contributed by atoms with Gasteiger partial charge in [-0.15, -0.1) is 0 Å². The van der Waals surface area contributed by atoms with E-state index in [2.05, 4.69) is 9.97 Å². The Morgan fingerprint density at radius 1 is 1.12 bits per heavy atom. The van der Waals surface area contributed by atoms with Crippen LogP contribution in [0.2, 0.25) is 10.0 Å². The topological polar surface area (TPSA) is 55.3 Å². The number of hydrogen-bond donors (Lipinski definition) is 0. The summed E-state index contributed by atoms with van der Waals surface area (Å²) in [4.78, 5) is 22.2. The Hall–Kier alpha value is -2.63. The smallest absolute Gasteiger partial charge is 0.259 e. The molecule has 2 heterocycles. The number of benzene rings is 1. The number of carbonyl (C=O) groups is 1. The van der Waals surface area contributed by atoms with Gasteiger partial charge >= 0.3 is 0 Å². The second-order valence-corrected chi connectivity index (χ2v) is 5.99. The van der Waals surface area contributed by atoms with Gasteiger partial charge in [0.05, 0.1) is 17.4 Å². The summed E-state index contributed by atoms with van der Waals surface area (Å²) < 4.78 is 5.61. The van der Waals surface area contributed by atoms with Crippen LogP contribution in [0.15, 0.2) is 61.1 Å². The van der Waals surface area contributed by atoms with Gasteiger partial charge in [-0.25, -0.2) is 4.98 Å². The van der Waals surface area contributed by atoms with Crippen LogP contribution in [0.1, 0.15) is 10.4 Å². The molecular formula is C18H13Cl2N3O2. The number of amides is 1. The number of rotatable bonds is 4. The minimum atomic E-state index is -0.250. The van der Waals surface area contributed by atoms with Crippen LogP contribution in [0.3, 0.4) is 0 Å². The summed E-state index contributed by atoms with van der Waals surface area (Å²) in [7, 11) is 1.66. The van der Waals surface area contributed by atoms with Gasteiger partial charge in [0.2, 0.25) is 5.88 Å². The van der Waals surface area contributed by atoms with Crippen molar-refractivity contribution in [3.05, 3.63) is 76.7 Å². The third-order valence-electron chi connectivity index (χ3n) is 3.42. The normalized spacial score (nSPS) is 10.4. The minimum Gasteiger partial charge on any atom is -0.438 e. The number of halogens is 2. The first kappa shape index (κ1) is 17.2. The predicted octanol–water partition coefficient (Wildman–Crippen LogP) is 4.85. The van der Waals surface area contributed by atoms with Gasteiger partial charge in [-0.3, -0.25) is 9.78 Å². The zero-order chi connectivity index (χ0) is 17.8. The predicted molar refractivity (Wildman–Crippen MR) is 97.7 cm³/mol. The third kappa shape index (κ3) is 4.07. The molecule has 25 heavy (non-hydrogen) atoms. The van der Waals surface area contributed by atoms with Gasteiger partial charge in [0.15, 0.2) is 0 Å². The fourth-order valence-electron chi connectivity index (χ4n) is 2.09. The Balaban J connectivity index is 1.79. The van der Waals surface area contributed by atoms with E-state index in [1.165, 1.54) is 17.2 Å². The molecule has 0 saturated heterocycles. The van der Waals surface area contributed by atoms with Gasteiger partial charge in [0.1, 0.15) is 10.8 Å².